The van der Waals surface area contributed by atoms with E-state index >= 15 is 0 Å². The molecule has 5 heteroatoms. The van der Waals surface area contributed by atoms with E-state index in [9.17, 15) is 9.59 Å². The lowest BCUT2D eigenvalue weighted by Crippen LogP contribution is -2.35. The van der Waals surface area contributed by atoms with E-state index in [-0.39, 0.29) is 17.9 Å². The topological polar surface area (TPSA) is 64.6 Å². The van der Waals surface area contributed by atoms with Gasteiger partial charge in [0.1, 0.15) is 5.75 Å². The van der Waals surface area contributed by atoms with Crippen molar-refractivity contribution in [2.45, 2.75) is 19.9 Å². The van der Waals surface area contributed by atoms with Crippen molar-refractivity contribution in [1.29, 1.82) is 0 Å². The molecule has 0 spiro atoms. The molecular formula is C13H17NO4. The molecule has 0 bridgehead atoms. The fourth-order valence-electron chi connectivity index (χ4n) is 1.44. The van der Waals surface area contributed by atoms with Crippen LogP contribution in [-0.2, 0) is 9.53 Å². The number of carbonyl (C=O) groups is 2. The summed E-state index contributed by atoms with van der Waals surface area (Å²) in [5.74, 6) is -0.154. The first-order chi connectivity index (χ1) is 8.52. The second-order valence-electron chi connectivity index (χ2n) is 3.95. The number of benzene rings is 1. The molecule has 98 valence electrons. The summed E-state index contributed by atoms with van der Waals surface area (Å²) in [5.41, 5.74) is 0.508. The first-order valence-electron chi connectivity index (χ1n) is 5.61. The smallest absolute Gasteiger partial charge is 0.308 e. The van der Waals surface area contributed by atoms with Crippen LogP contribution in [0.3, 0.4) is 0 Å². The SMILES string of the molecule is COCC(C)NC(=O)c1ccc(OC(C)=O)cc1. The Bertz CT molecular complexity index is 414. The maximum Gasteiger partial charge on any atom is 0.308 e. The van der Waals surface area contributed by atoms with E-state index in [1.54, 1.807) is 31.4 Å². The highest BCUT2D eigenvalue weighted by atomic mass is 16.5. The average Bonchev–Trinajstić information content (AvgIpc) is 2.29. The van der Waals surface area contributed by atoms with E-state index in [1.165, 1.54) is 6.92 Å². The van der Waals surface area contributed by atoms with E-state index in [0.29, 0.717) is 17.9 Å². The molecule has 0 aliphatic rings. The van der Waals surface area contributed by atoms with Gasteiger partial charge >= 0.3 is 5.97 Å². The molecule has 0 fully saturated rings. The highest BCUT2D eigenvalue weighted by Crippen LogP contribution is 2.12. The summed E-state index contributed by atoms with van der Waals surface area (Å²) in [4.78, 5) is 22.5. The number of hydrogen-bond acceptors (Lipinski definition) is 4. The maximum absolute atomic E-state index is 11.8. The molecule has 5 nitrogen and oxygen atoms in total. The third-order valence-corrected chi connectivity index (χ3v) is 2.17. The molecule has 0 saturated heterocycles. The quantitative estimate of drug-likeness (QED) is 0.634. The summed E-state index contributed by atoms with van der Waals surface area (Å²) in [6, 6.07) is 6.31. The molecule has 1 aromatic rings. The van der Waals surface area contributed by atoms with Crippen molar-refractivity contribution >= 4 is 11.9 Å². The number of carbonyl (C=O) groups excluding carboxylic acids is 2. The summed E-state index contributed by atoms with van der Waals surface area (Å²) >= 11 is 0. The van der Waals surface area contributed by atoms with Crippen LogP contribution in [-0.4, -0.2) is 31.6 Å². The number of methoxy groups -OCH3 is 1. The van der Waals surface area contributed by atoms with Gasteiger partial charge in [-0.05, 0) is 31.2 Å². The molecule has 0 radical (unpaired) electrons. The molecule has 1 N–H and O–H groups in total. The zero-order valence-corrected chi connectivity index (χ0v) is 10.7. The Balaban J connectivity index is 2.61. The number of esters is 1. The van der Waals surface area contributed by atoms with Crippen LogP contribution in [0.2, 0.25) is 0 Å². The molecule has 0 aromatic heterocycles. The molecule has 0 saturated carbocycles. The average molecular weight is 251 g/mol. The van der Waals surface area contributed by atoms with Crippen molar-refractivity contribution in [2.75, 3.05) is 13.7 Å². The first kappa shape index (κ1) is 14.2. The molecule has 0 aliphatic heterocycles. The lowest BCUT2D eigenvalue weighted by molar-refractivity contribution is -0.131. The maximum atomic E-state index is 11.8. The summed E-state index contributed by atoms with van der Waals surface area (Å²) < 4.78 is 9.81. The molecule has 1 amide bonds. The Morgan fingerprint density at radius 2 is 1.89 bits per heavy atom. The molecule has 1 rings (SSSR count). The van der Waals surface area contributed by atoms with E-state index in [0.717, 1.165) is 0 Å². The van der Waals surface area contributed by atoms with Crippen LogP contribution in [0, 0.1) is 0 Å². The van der Waals surface area contributed by atoms with Gasteiger partial charge in [-0.2, -0.15) is 0 Å². The molecule has 1 atom stereocenters. The van der Waals surface area contributed by atoms with Crippen molar-refractivity contribution in [2.24, 2.45) is 0 Å². The van der Waals surface area contributed by atoms with Gasteiger partial charge in [0.25, 0.3) is 5.91 Å². The van der Waals surface area contributed by atoms with E-state index in [4.69, 9.17) is 9.47 Å². The monoisotopic (exact) mass is 251 g/mol. The predicted molar refractivity (Wildman–Crippen MR) is 66.6 cm³/mol. The van der Waals surface area contributed by atoms with Gasteiger partial charge < -0.3 is 14.8 Å². The van der Waals surface area contributed by atoms with E-state index in [2.05, 4.69) is 5.32 Å². The van der Waals surface area contributed by atoms with Crippen LogP contribution in [0.4, 0.5) is 0 Å². The van der Waals surface area contributed by atoms with Crippen molar-refractivity contribution in [1.82, 2.24) is 5.32 Å². The number of rotatable bonds is 5. The number of hydrogen-bond donors (Lipinski definition) is 1. The minimum absolute atomic E-state index is 0.0596. The molecular weight excluding hydrogens is 234 g/mol. The fourth-order valence-corrected chi connectivity index (χ4v) is 1.44. The lowest BCUT2D eigenvalue weighted by atomic mass is 10.2. The first-order valence-corrected chi connectivity index (χ1v) is 5.61. The summed E-state index contributed by atoms with van der Waals surface area (Å²) in [7, 11) is 1.58. The normalized spacial score (nSPS) is 11.7. The summed E-state index contributed by atoms with van der Waals surface area (Å²) in [6.07, 6.45) is 0. The zero-order valence-electron chi connectivity index (χ0n) is 10.7. The van der Waals surface area contributed by atoms with Gasteiger partial charge in [0.05, 0.1) is 6.61 Å². The Morgan fingerprint density at radius 3 is 2.39 bits per heavy atom. The molecule has 0 aliphatic carbocycles. The van der Waals surface area contributed by atoms with Gasteiger partial charge in [0.2, 0.25) is 0 Å². The van der Waals surface area contributed by atoms with Crippen LogP contribution in [0.25, 0.3) is 0 Å². The molecule has 18 heavy (non-hydrogen) atoms. The second-order valence-corrected chi connectivity index (χ2v) is 3.95. The molecule has 0 heterocycles. The predicted octanol–water partition coefficient (Wildman–Crippen LogP) is 1.38. The Morgan fingerprint density at radius 1 is 1.28 bits per heavy atom. The number of nitrogens with one attached hydrogen (secondary N) is 1. The second kappa shape index (κ2) is 6.76. The molecule has 1 unspecified atom stereocenters. The molecule has 1 aromatic carbocycles. The van der Waals surface area contributed by atoms with Gasteiger partial charge in [0, 0.05) is 25.6 Å². The largest absolute Gasteiger partial charge is 0.427 e. The Labute approximate surface area is 106 Å². The van der Waals surface area contributed by atoms with Gasteiger partial charge in [0.15, 0.2) is 0 Å². The van der Waals surface area contributed by atoms with Crippen LogP contribution < -0.4 is 10.1 Å². The third kappa shape index (κ3) is 4.55. The standard InChI is InChI=1S/C13H17NO4/c1-9(8-17-3)14-13(16)11-4-6-12(7-5-11)18-10(2)15/h4-7,9H,8H2,1-3H3,(H,14,16). The Hall–Kier alpha value is -1.88. The minimum atomic E-state index is -0.388. The van der Waals surface area contributed by atoms with Crippen molar-refractivity contribution in [3.8, 4) is 5.75 Å². The van der Waals surface area contributed by atoms with Crippen molar-refractivity contribution in [3.63, 3.8) is 0 Å². The minimum Gasteiger partial charge on any atom is -0.427 e. The van der Waals surface area contributed by atoms with Gasteiger partial charge in [-0.3, -0.25) is 9.59 Å². The van der Waals surface area contributed by atoms with Crippen molar-refractivity contribution in [3.05, 3.63) is 29.8 Å². The highest BCUT2D eigenvalue weighted by Gasteiger charge is 2.09. The third-order valence-electron chi connectivity index (χ3n) is 2.17. The summed E-state index contributed by atoms with van der Waals surface area (Å²) in [5, 5.41) is 2.79. The van der Waals surface area contributed by atoms with Crippen molar-refractivity contribution < 1.29 is 19.1 Å². The van der Waals surface area contributed by atoms with Crippen LogP contribution in [0.5, 0.6) is 5.75 Å². The van der Waals surface area contributed by atoms with E-state index < -0.39 is 0 Å². The number of amides is 1. The Kier molecular flexibility index (Phi) is 5.32. The van der Waals surface area contributed by atoms with Crippen LogP contribution in [0.15, 0.2) is 24.3 Å². The van der Waals surface area contributed by atoms with Crippen LogP contribution in [0.1, 0.15) is 24.2 Å². The van der Waals surface area contributed by atoms with Crippen LogP contribution >= 0.6 is 0 Å². The lowest BCUT2D eigenvalue weighted by Gasteiger charge is -2.12. The highest BCUT2D eigenvalue weighted by molar-refractivity contribution is 5.94. The van der Waals surface area contributed by atoms with Gasteiger partial charge in [-0.1, -0.05) is 0 Å². The van der Waals surface area contributed by atoms with Gasteiger partial charge in [-0.15, -0.1) is 0 Å². The number of ether oxygens (including phenoxy) is 2. The fraction of sp³-hybridized carbons (Fsp3) is 0.385. The zero-order chi connectivity index (χ0) is 13.5. The summed E-state index contributed by atoms with van der Waals surface area (Å²) in [6.45, 7) is 3.64. The van der Waals surface area contributed by atoms with E-state index in [1.807, 2.05) is 6.92 Å². The van der Waals surface area contributed by atoms with Gasteiger partial charge in [-0.25, -0.2) is 0 Å².